The quantitative estimate of drug-likeness (QED) is 0.0221. The summed E-state index contributed by atoms with van der Waals surface area (Å²) in [6.07, 6.45) is -7.78. The molecule has 18 atom stereocenters. The molecule has 0 radical (unpaired) electrons. The summed E-state index contributed by atoms with van der Waals surface area (Å²) in [5.41, 5.74) is 0. The van der Waals surface area contributed by atoms with Crippen molar-refractivity contribution in [3.8, 4) is 0 Å². The van der Waals surface area contributed by atoms with Crippen LogP contribution in [0.25, 0.3) is 0 Å². The zero-order valence-electron chi connectivity index (χ0n) is 55.0. The fraction of sp³-hybridized carbons (Fsp3) is 0.900. The third-order valence-electron chi connectivity index (χ3n) is 16.1. The van der Waals surface area contributed by atoms with Crippen LogP contribution in [0.1, 0.15) is 136 Å². The average Bonchev–Trinajstić information content (AvgIpc) is 0.911. The molecule has 33 nitrogen and oxygen atoms in total. The SMILES string of the molecule is COP(=O)(O)OCCCCCCNC(=O)COCCOCCNC(=O)[C@H](CCC(=O)NCCCCO[C@H]1C[C@@H](O)[C@@H](O)[C@@H](CO)O1)NC(=O)[C@H](CCC(=O)NCC(C)CC(C)CCO[C@H]1C[C@@H](O)[C@@H](O)[C@@H](CO)O1)NC(=O)CCC(C)CCO[C@H]1C[C@@H](O)[C@@H](O)[C@@H](CO)O1. The number of rotatable bonds is 51. The van der Waals surface area contributed by atoms with Crippen LogP contribution in [0.15, 0.2) is 0 Å². The Kier molecular flexibility index (Phi) is 43.2. The molecule has 34 heteroatoms. The van der Waals surface area contributed by atoms with Gasteiger partial charge < -0.3 is 121 Å². The number of hydrogen-bond donors (Lipinski definition) is 16. The highest BCUT2D eigenvalue weighted by molar-refractivity contribution is 7.47. The number of carbonyl (C=O) groups is 6. The smallest absolute Gasteiger partial charge is 0.394 e. The van der Waals surface area contributed by atoms with Crippen molar-refractivity contribution in [1.29, 1.82) is 0 Å². The second kappa shape index (κ2) is 48.1. The fourth-order valence-electron chi connectivity index (χ4n) is 10.3. The first-order chi connectivity index (χ1) is 44.9. The summed E-state index contributed by atoms with van der Waals surface area (Å²) in [6.45, 7) is 5.76. The first-order valence-electron chi connectivity index (χ1n) is 33.0. The molecule has 0 aromatic rings. The number of amides is 6. The summed E-state index contributed by atoms with van der Waals surface area (Å²) in [5, 5.41) is 105. The van der Waals surface area contributed by atoms with Crippen molar-refractivity contribution in [2.24, 2.45) is 17.8 Å². The van der Waals surface area contributed by atoms with E-state index in [1.54, 1.807) is 0 Å². The molecule has 0 bridgehead atoms. The highest BCUT2D eigenvalue weighted by Crippen LogP contribution is 2.42. The van der Waals surface area contributed by atoms with Crippen molar-refractivity contribution < 1.29 is 131 Å². The van der Waals surface area contributed by atoms with Crippen LogP contribution in [0, 0.1) is 17.8 Å². The first kappa shape index (κ1) is 84.5. The van der Waals surface area contributed by atoms with Crippen molar-refractivity contribution in [2.45, 2.75) is 222 Å². The lowest BCUT2D eigenvalue weighted by molar-refractivity contribution is -0.257. The second-order valence-electron chi connectivity index (χ2n) is 24.3. The maximum Gasteiger partial charge on any atom is 0.471 e. The summed E-state index contributed by atoms with van der Waals surface area (Å²) in [5.74, 6) is -3.18. The molecule has 0 aromatic carbocycles. The van der Waals surface area contributed by atoms with Crippen LogP contribution in [-0.2, 0) is 80.3 Å². The molecule has 6 amide bonds. The molecule has 3 fully saturated rings. The van der Waals surface area contributed by atoms with Gasteiger partial charge in [0.2, 0.25) is 35.4 Å². The van der Waals surface area contributed by atoms with Gasteiger partial charge in [-0.3, -0.25) is 37.8 Å². The van der Waals surface area contributed by atoms with Gasteiger partial charge in [-0.15, -0.1) is 0 Å². The maximum absolute atomic E-state index is 14.3. The largest absolute Gasteiger partial charge is 0.471 e. The van der Waals surface area contributed by atoms with Crippen molar-refractivity contribution in [1.82, 2.24) is 31.9 Å². The summed E-state index contributed by atoms with van der Waals surface area (Å²) in [4.78, 5) is 90.0. The van der Waals surface area contributed by atoms with E-state index in [-0.39, 0.29) is 148 Å². The highest BCUT2D eigenvalue weighted by Gasteiger charge is 2.39. The summed E-state index contributed by atoms with van der Waals surface area (Å²) < 4.78 is 65.3. The van der Waals surface area contributed by atoms with Crippen LogP contribution < -0.4 is 31.9 Å². The third kappa shape index (κ3) is 35.7. The Balaban J connectivity index is 1.60. The molecule has 0 spiro atoms. The second-order valence-corrected chi connectivity index (χ2v) is 25.9. The zero-order chi connectivity index (χ0) is 69.4. The fourth-order valence-corrected chi connectivity index (χ4v) is 10.8. The first-order valence-corrected chi connectivity index (χ1v) is 34.5. The van der Waals surface area contributed by atoms with Gasteiger partial charge in [-0.25, -0.2) is 4.57 Å². The minimum absolute atomic E-state index is 0.00106. The normalized spacial score (nSPS) is 26.2. The highest BCUT2D eigenvalue weighted by atomic mass is 31.2. The molecular formula is C60H111N6O27P. The Morgan fingerprint density at radius 2 is 0.947 bits per heavy atom. The molecular weight excluding hydrogens is 1270 g/mol. The van der Waals surface area contributed by atoms with Crippen LogP contribution in [0.2, 0.25) is 0 Å². The summed E-state index contributed by atoms with van der Waals surface area (Å²) >= 11 is 0. The Morgan fingerprint density at radius 3 is 1.50 bits per heavy atom. The molecule has 3 heterocycles. The Bertz CT molecular complexity index is 2190. The molecule has 3 aliphatic heterocycles. The number of phosphoric ester groups is 1. The Morgan fingerprint density at radius 1 is 0.479 bits per heavy atom. The number of nitrogens with one attached hydrogen (secondary N) is 6. The Labute approximate surface area is 550 Å². The van der Waals surface area contributed by atoms with Crippen molar-refractivity contribution in [3.63, 3.8) is 0 Å². The number of aliphatic hydroxyl groups is 9. The van der Waals surface area contributed by atoms with Gasteiger partial charge in [-0.05, 0) is 82.0 Å². The number of phosphoric acid groups is 1. The lowest BCUT2D eigenvalue weighted by atomic mass is 9.95. The summed E-state index contributed by atoms with van der Waals surface area (Å²) in [6, 6.07) is -2.65. The minimum Gasteiger partial charge on any atom is -0.394 e. The number of hydrogen-bond acceptors (Lipinski definition) is 26. The van der Waals surface area contributed by atoms with E-state index < -0.39 is 143 Å². The van der Waals surface area contributed by atoms with Crippen molar-refractivity contribution in [2.75, 3.05) is 106 Å². The van der Waals surface area contributed by atoms with Gasteiger partial charge >= 0.3 is 7.82 Å². The molecule has 3 saturated heterocycles. The van der Waals surface area contributed by atoms with Gasteiger partial charge in [0, 0.05) is 91.6 Å². The number of carbonyl (C=O) groups excluding carboxylic acids is 6. The van der Waals surface area contributed by atoms with E-state index >= 15 is 0 Å². The van der Waals surface area contributed by atoms with Crippen molar-refractivity contribution >= 4 is 43.3 Å². The molecule has 16 N–H and O–H groups in total. The summed E-state index contributed by atoms with van der Waals surface area (Å²) in [7, 11) is -2.93. The third-order valence-corrected chi connectivity index (χ3v) is 17.1. The van der Waals surface area contributed by atoms with E-state index in [4.69, 9.17) is 42.4 Å². The van der Waals surface area contributed by atoms with Gasteiger partial charge in [0.05, 0.1) is 64.6 Å². The van der Waals surface area contributed by atoms with Crippen LogP contribution in [0.4, 0.5) is 0 Å². The zero-order valence-corrected chi connectivity index (χ0v) is 55.9. The standard InChI is InChI=1S/C60H111N6O27P/c1-38(17-24-88-54-31-44(71)57(78)47(35-68)92-54)11-14-51(75)65-42(13-16-50(74)64-33-40(3)29-39(2)18-25-89-55-32-45(72)58(79)48(36-69)93-55)60(81)66-41(12-15-49(73)61-20-8-10-22-87-53-30-43(70)56(77)46(34-67)91-53)59(80)63-21-26-85-27-28-86-37-52(76)62-19-7-5-6-9-23-90-94(82,83)84-4/h38-48,53-58,67-72,77-79H,5-37H2,1-4H3,(H,61,73)(H,62,76)(H,63,80)(H,64,74)(H,65,75)(H,66,81)(H,82,83)/t38?,39?,40?,41-,42-,43+,44+,45+,46+,47+,48+,53+,54+,55+,56+,57+,58+/m0/s1. The molecule has 3 aliphatic rings. The van der Waals surface area contributed by atoms with Gasteiger partial charge in [-0.2, -0.15) is 0 Å². The topological polar surface area (TPSA) is 486 Å². The van der Waals surface area contributed by atoms with E-state index in [2.05, 4.69) is 36.4 Å². The number of ether oxygens (including phenoxy) is 8. The van der Waals surface area contributed by atoms with Gasteiger partial charge in [0.15, 0.2) is 18.9 Å². The number of unbranched alkanes of at least 4 members (excludes halogenated alkanes) is 4. The molecule has 0 saturated carbocycles. The van der Waals surface area contributed by atoms with Gasteiger partial charge in [-0.1, -0.05) is 33.6 Å². The molecule has 0 aliphatic carbocycles. The monoisotopic (exact) mass is 1380 g/mol. The van der Waals surface area contributed by atoms with Crippen LogP contribution in [0.5, 0.6) is 0 Å². The number of aliphatic hydroxyl groups excluding tert-OH is 9. The van der Waals surface area contributed by atoms with Gasteiger partial charge in [0.1, 0.15) is 55.3 Å². The van der Waals surface area contributed by atoms with Crippen LogP contribution >= 0.6 is 7.82 Å². The van der Waals surface area contributed by atoms with E-state index in [1.807, 2.05) is 20.8 Å². The lowest BCUT2D eigenvalue weighted by Crippen LogP contribution is -2.54. The molecule has 4 unspecified atom stereocenters. The van der Waals surface area contributed by atoms with E-state index in [0.717, 1.165) is 13.5 Å². The van der Waals surface area contributed by atoms with Gasteiger partial charge in [0.25, 0.3) is 0 Å². The van der Waals surface area contributed by atoms with Crippen LogP contribution in [-0.4, -0.2) is 278 Å². The maximum atomic E-state index is 14.3. The van der Waals surface area contributed by atoms with Crippen molar-refractivity contribution in [3.05, 3.63) is 0 Å². The van der Waals surface area contributed by atoms with Crippen LogP contribution in [0.3, 0.4) is 0 Å². The molecule has 548 valence electrons. The predicted molar refractivity (Wildman–Crippen MR) is 332 cm³/mol. The predicted octanol–water partition coefficient (Wildman–Crippen LogP) is -2.49. The average molecular weight is 1380 g/mol. The molecule has 3 rings (SSSR count). The lowest BCUT2D eigenvalue weighted by Gasteiger charge is -2.36. The molecule has 0 aromatic heterocycles. The minimum atomic E-state index is -4.01. The van der Waals surface area contributed by atoms with E-state index in [0.29, 0.717) is 64.3 Å². The Hall–Kier alpha value is -3.75. The molecule has 94 heavy (non-hydrogen) atoms. The van der Waals surface area contributed by atoms with E-state index in [9.17, 15) is 84.2 Å². The van der Waals surface area contributed by atoms with E-state index in [1.165, 1.54) is 0 Å².